The average Bonchev–Trinajstić information content (AvgIpc) is 3.21. The van der Waals surface area contributed by atoms with Gasteiger partial charge in [0.2, 0.25) is 0 Å². The second-order valence-corrected chi connectivity index (χ2v) is 18.3. The van der Waals surface area contributed by atoms with Crippen molar-refractivity contribution in [3.8, 4) is 0 Å². The first-order valence-electron chi connectivity index (χ1n) is 22.8. The summed E-state index contributed by atoms with van der Waals surface area (Å²) in [6.07, 6.45) is 31.6. The summed E-state index contributed by atoms with van der Waals surface area (Å²) in [4.78, 5) is 52.8. The van der Waals surface area contributed by atoms with E-state index in [0.717, 1.165) is 38.5 Å². The number of allylic oxidation sites excluding steroid dienone is 5. The molecule has 61 heavy (non-hydrogen) atoms. The first-order chi connectivity index (χ1) is 29.2. The number of carbonyl (C=O) groups excluding carboxylic acids is 2. The van der Waals surface area contributed by atoms with Crippen molar-refractivity contribution < 1.29 is 71.8 Å². The fraction of sp³-hybridized carbons (Fsp3) is 0.818. The number of aliphatic hydroxyl groups is 3. The maximum Gasteiger partial charge on any atom is 0.472 e. The third-order valence-corrected chi connectivity index (χ3v) is 11.2. The van der Waals surface area contributed by atoms with Gasteiger partial charge in [-0.3, -0.25) is 23.2 Å². The number of carbonyl (C=O) groups is 2. The van der Waals surface area contributed by atoms with Gasteiger partial charge in [0, 0.05) is 12.8 Å². The number of esters is 2. The summed E-state index contributed by atoms with van der Waals surface area (Å²) in [5.41, 5.74) is 0. The molecule has 17 heteroatoms. The molecule has 0 aromatic carbocycles. The van der Waals surface area contributed by atoms with Gasteiger partial charge in [-0.15, -0.1) is 0 Å². The molecule has 0 saturated heterocycles. The van der Waals surface area contributed by atoms with Crippen LogP contribution >= 0.6 is 15.6 Å². The molecule has 0 bridgehead atoms. The highest BCUT2D eigenvalue weighted by Crippen LogP contribution is 2.43. The number of phosphoric acid groups is 2. The van der Waals surface area contributed by atoms with E-state index in [9.17, 15) is 38.9 Å². The van der Waals surface area contributed by atoms with Crippen molar-refractivity contribution in [1.29, 1.82) is 0 Å². The lowest BCUT2D eigenvalue weighted by Gasteiger charge is -2.20. The van der Waals surface area contributed by atoms with Crippen LogP contribution in [0.1, 0.15) is 181 Å². The number of hydrogen-bond acceptors (Lipinski definition) is 12. The van der Waals surface area contributed by atoms with Crippen LogP contribution < -0.4 is 0 Å². The molecule has 0 fully saturated rings. The number of hydrogen-bond donors (Lipinski definition) is 6. The Hall–Kier alpha value is -1.74. The van der Waals surface area contributed by atoms with Crippen molar-refractivity contribution >= 4 is 27.6 Å². The lowest BCUT2D eigenvalue weighted by Crippen LogP contribution is -2.30. The summed E-state index contributed by atoms with van der Waals surface area (Å²) in [7, 11) is -9.77. The van der Waals surface area contributed by atoms with Gasteiger partial charge in [-0.05, 0) is 51.4 Å². The number of phosphoric ester groups is 2. The first-order valence-corrected chi connectivity index (χ1v) is 25.9. The summed E-state index contributed by atoms with van der Waals surface area (Å²) in [6, 6.07) is 0. The Labute approximate surface area is 366 Å². The molecule has 0 saturated carbocycles. The molecule has 0 rings (SSSR count). The Bertz CT molecular complexity index is 1260. The topological polar surface area (TPSA) is 236 Å². The largest absolute Gasteiger partial charge is 0.472 e. The fourth-order valence-corrected chi connectivity index (χ4v) is 7.25. The fourth-order valence-electron chi connectivity index (χ4n) is 6.10. The van der Waals surface area contributed by atoms with Crippen molar-refractivity contribution in [2.45, 2.75) is 205 Å². The second kappa shape index (κ2) is 39.8. The molecule has 3 unspecified atom stereocenters. The Morgan fingerprint density at radius 3 is 1.57 bits per heavy atom. The van der Waals surface area contributed by atoms with Gasteiger partial charge < -0.3 is 39.5 Å². The number of rotatable bonds is 43. The van der Waals surface area contributed by atoms with Gasteiger partial charge in [0.15, 0.2) is 6.10 Å². The molecule has 0 radical (unpaired) electrons. The molecule has 0 heterocycles. The van der Waals surface area contributed by atoms with Crippen molar-refractivity contribution in [1.82, 2.24) is 0 Å². The lowest BCUT2D eigenvalue weighted by atomic mass is 10.0. The Kier molecular flexibility index (Phi) is 38.7. The Morgan fingerprint density at radius 1 is 0.525 bits per heavy atom. The smallest absolute Gasteiger partial charge is 0.462 e. The van der Waals surface area contributed by atoms with Crippen LogP contribution in [-0.4, -0.2) is 92.8 Å². The molecule has 6 N–H and O–H groups in total. The number of aliphatic hydroxyl groups excluding tert-OH is 3. The van der Waals surface area contributed by atoms with E-state index in [2.05, 4.69) is 41.1 Å². The van der Waals surface area contributed by atoms with Gasteiger partial charge in [-0.25, -0.2) is 9.13 Å². The standard InChI is InChI=1S/C44H82O15P2/c1-3-5-7-9-11-13-15-17-18-19-21-23-25-27-29-33-44(49)59-40(38-58-61(53,54)57-36-39(45)35-56-60(50,51)52)37-55-43(48)34-30-32-42(47)41(46)31-28-26-24-22-20-16-14-12-10-8-6-4-2/h12,14,20,22,26,28,39-42,45-47H,3-11,13,15-19,21,23-25,27,29-38H2,1-2H3,(H,53,54)(H2,50,51,52)/b14-12-,22-20-,28-26-/t39-,40+,41?,42?/m0/s1. The van der Waals surface area contributed by atoms with Gasteiger partial charge in [0.25, 0.3) is 0 Å². The third kappa shape index (κ3) is 42.0. The molecule has 0 aliphatic carbocycles. The number of ether oxygens (including phenoxy) is 2. The third-order valence-electron chi connectivity index (χ3n) is 9.72. The molecule has 0 amide bonds. The molecule has 0 aliphatic heterocycles. The van der Waals surface area contributed by atoms with Gasteiger partial charge in [-0.1, -0.05) is 153 Å². The lowest BCUT2D eigenvalue weighted by molar-refractivity contribution is -0.161. The highest BCUT2D eigenvalue weighted by atomic mass is 31.2. The molecule has 0 spiro atoms. The van der Waals surface area contributed by atoms with E-state index in [1.807, 2.05) is 12.2 Å². The molecule has 5 atom stereocenters. The quantitative estimate of drug-likeness (QED) is 0.0145. The zero-order valence-corrected chi connectivity index (χ0v) is 39.0. The van der Waals surface area contributed by atoms with Crippen molar-refractivity contribution in [2.24, 2.45) is 0 Å². The summed E-state index contributed by atoms with van der Waals surface area (Å²) in [5.74, 6) is -1.31. The van der Waals surface area contributed by atoms with Gasteiger partial charge in [0.1, 0.15) is 12.7 Å². The molecule has 15 nitrogen and oxygen atoms in total. The van der Waals surface area contributed by atoms with E-state index in [0.29, 0.717) is 12.8 Å². The van der Waals surface area contributed by atoms with Gasteiger partial charge >= 0.3 is 27.6 Å². The van der Waals surface area contributed by atoms with Crippen LogP contribution in [0.15, 0.2) is 36.5 Å². The minimum Gasteiger partial charge on any atom is -0.462 e. The molecule has 0 aromatic heterocycles. The Balaban J connectivity index is 4.71. The van der Waals surface area contributed by atoms with E-state index in [4.69, 9.17) is 23.8 Å². The van der Waals surface area contributed by atoms with E-state index in [1.54, 1.807) is 6.08 Å². The van der Waals surface area contributed by atoms with Crippen LogP contribution in [0.5, 0.6) is 0 Å². The van der Waals surface area contributed by atoms with Gasteiger partial charge in [-0.2, -0.15) is 0 Å². The molecule has 0 aliphatic rings. The number of unbranched alkanes of at least 4 members (excludes halogenated alkanes) is 17. The minimum absolute atomic E-state index is 0.0741. The van der Waals surface area contributed by atoms with Crippen molar-refractivity contribution in [3.63, 3.8) is 0 Å². The predicted molar refractivity (Wildman–Crippen MR) is 237 cm³/mol. The second-order valence-electron chi connectivity index (χ2n) is 15.6. The van der Waals surface area contributed by atoms with E-state index in [1.165, 1.54) is 83.5 Å². The first kappa shape index (κ1) is 59.3. The normalized spacial score (nSPS) is 15.3. The summed E-state index contributed by atoms with van der Waals surface area (Å²) in [5, 5.41) is 30.4. The van der Waals surface area contributed by atoms with Crippen LogP contribution in [0, 0.1) is 0 Å². The summed E-state index contributed by atoms with van der Waals surface area (Å²) in [6.45, 7) is 1.42. The zero-order valence-electron chi connectivity index (χ0n) is 37.2. The molecular weight excluding hydrogens is 830 g/mol. The average molecular weight is 913 g/mol. The Morgan fingerprint density at radius 2 is 1.00 bits per heavy atom. The monoisotopic (exact) mass is 913 g/mol. The maximum absolute atomic E-state index is 12.7. The predicted octanol–water partition coefficient (Wildman–Crippen LogP) is 9.62. The molecule has 0 aromatic rings. The SMILES string of the molecule is CCCCC/C=C\C/C=C\C/C=C\CC(O)C(O)CCCC(=O)OC[C@H](COP(=O)(O)OC[C@@H](O)COP(=O)(O)O)OC(=O)CCCCCCCCCCCCCCCCC. The van der Waals surface area contributed by atoms with Crippen LogP contribution in [0.4, 0.5) is 0 Å². The summed E-state index contributed by atoms with van der Waals surface area (Å²) >= 11 is 0. The van der Waals surface area contributed by atoms with Crippen LogP contribution in [0.3, 0.4) is 0 Å². The summed E-state index contributed by atoms with van der Waals surface area (Å²) < 4.78 is 47.6. The maximum atomic E-state index is 12.7. The van der Waals surface area contributed by atoms with Crippen LogP contribution in [0.2, 0.25) is 0 Å². The van der Waals surface area contributed by atoms with E-state index >= 15 is 0 Å². The van der Waals surface area contributed by atoms with Crippen molar-refractivity contribution in [2.75, 3.05) is 26.4 Å². The minimum atomic E-state index is -4.89. The molecule has 358 valence electrons. The van der Waals surface area contributed by atoms with E-state index < -0.39 is 78.4 Å². The highest BCUT2D eigenvalue weighted by Gasteiger charge is 2.28. The van der Waals surface area contributed by atoms with Gasteiger partial charge in [0.05, 0.1) is 32.0 Å². The van der Waals surface area contributed by atoms with Crippen molar-refractivity contribution in [3.05, 3.63) is 36.5 Å². The van der Waals surface area contributed by atoms with Crippen LogP contribution in [-0.2, 0) is 41.8 Å². The van der Waals surface area contributed by atoms with Crippen LogP contribution in [0.25, 0.3) is 0 Å². The zero-order chi connectivity index (χ0) is 45.5. The highest BCUT2D eigenvalue weighted by molar-refractivity contribution is 7.47. The molecular formula is C44H82O15P2. The van der Waals surface area contributed by atoms with E-state index in [-0.39, 0.29) is 32.1 Å².